The van der Waals surface area contributed by atoms with E-state index in [1.54, 1.807) is 38.1 Å². The quantitative estimate of drug-likeness (QED) is 0.509. The molecule has 0 aliphatic heterocycles. The number of nitrogens with two attached hydrogens (primary N) is 1. The van der Waals surface area contributed by atoms with Crippen LogP contribution in [0.15, 0.2) is 42.5 Å². The highest BCUT2D eigenvalue weighted by molar-refractivity contribution is 7.53. The Labute approximate surface area is 183 Å². The van der Waals surface area contributed by atoms with Crippen molar-refractivity contribution >= 4 is 19.4 Å². The molecule has 0 unspecified atom stereocenters. The van der Waals surface area contributed by atoms with Crippen molar-refractivity contribution in [2.75, 3.05) is 13.2 Å². The smallest absolute Gasteiger partial charge is 0.335 e. The van der Waals surface area contributed by atoms with Crippen molar-refractivity contribution < 1.29 is 23.2 Å². The van der Waals surface area contributed by atoms with Gasteiger partial charge in [0.25, 0.3) is 5.91 Å². The van der Waals surface area contributed by atoms with Crippen LogP contribution >= 0.6 is 7.60 Å². The Morgan fingerprint density at radius 1 is 1.00 bits per heavy atom. The zero-order chi connectivity index (χ0) is 23.0. The average molecular weight is 446 g/mol. The van der Waals surface area contributed by atoms with Crippen LogP contribution < -0.4 is 11.1 Å². The predicted molar refractivity (Wildman–Crippen MR) is 121 cm³/mol. The lowest BCUT2D eigenvalue weighted by molar-refractivity contribution is -0.119. The van der Waals surface area contributed by atoms with Gasteiger partial charge >= 0.3 is 7.60 Å². The third-order valence-electron chi connectivity index (χ3n) is 4.95. The molecule has 3 N–H and O–H groups in total. The summed E-state index contributed by atoms with van der Waals surface area (Å²) in [5.41, 5.74) is 9.72. The summed E-state index contributed by atoms with van der Waals surface area (Å²) in [5, 5.41) is 2.73. The van der Waals surface area contributed by atoms with E-state index in [0.717, 1.165) is 22.3 Å². The molecule has 8 heteroatoms. The molecule has 168 valence electrons. The SMILES string of the molecule is CCOP(=O)(Cc1ccc(C(=O)N[C@@H](Cc2c(C)cccc2C)C(N)=O)cc1)OCC. The van der Waals surface area contributed by atoms with E-state index in [9.17, 15) is 14.2 Å². The number of primary amides is 1. The van der Waals surface area contributed by atoms with Crippen molar-refractivity contribution in [3.8, 4) is 0 Å². The van der Waals surface area contributed by atoms with E-state index in [2.05, 4.69) is 5.32 Å². The van der Waals surface area contributed by atoms with Gasteiger partial charge in [-0.15, -0.1) is 0 Å². The lowest BCUT2D eigenvalue weighted by Gasteiger charge is -2.19. The van der Waals surface area contributed by atoms with E-state index in [-0.39, 0.29) is 19.4 Å². The van der Waals surface area contributed by atoms with Gasteiger partial charge in [0.2, 0.25) is 5.91 Å². The first-order valence-corrected chi connectivity index (χ1v) is 12.0. The molecular weight excluding hydrogens is 415 g/mol. The number of aryl methyl sites for hydroxylation is 2. The maximum Gasteiger partial charge on any atom is 0.335 e. The van der Waals surface area contributed by atoms with E-state index in [0.29, 0.717) is 12.0 Å². The zero-order valence-corrected chi connectivity index (χ0v) is 19.4. The van der Waals surface area contributed by atoms with Gasteiger partial charge in [0, 0.05) is 12.0 Å². The van der Waals surface area contributed by atoms with Gasteiger partial charge in [0.1, 0.15) is 6.04 Å². The number of rotatable bonds is 11. The average Bonchev–Trinajstić information content (AvgIpc) is 2.70. The summed E-state index contributed by atoms with van der Waals surface area (Å²) >= 11 is 0. The summed E-state index contributed by atoms with van der Waals surface area (Å²) in [6.45, 7) is 8.01. The Bertz CT molecular complexity index is 929. The number of hydrogen-bond acceptors (Lipinski definition) is 5. The summed E-state index contributed by atoms with van der Waals surface area (Å²) in [5.74, 6) is -0.999. The summed E-state index contributed by atoms with van der Waals surface area (Å²) in [6, 6.07) is 11.7. The number of carbonyl (C=O) groups is 2. The van der Waals surface area contributed by atoms with Crippen LogP contribution in [-0.2, 0) is 31.0 Å². The topological polar surface area (TPSA) is 108 Å². The molecule has 0 saturated heterocycles. The van der Waals surface area contributed by atoms with Gasteiger partial charge in [-0.1, -0.05) is 30.3 Å². The van der Waals surface area contributed by atoms with Crippen molar-refractivity contribution in [3.05, 3.63) is 70.3 Å². The number of amides is 2. The van der Waals surface area contributed by atoms with Crippen LogP contribution in [0.5, 0.6) is 0 Å². The predicted octanol–water partition coefficient (Wildman–Crippen LogP) is 3.90. The molecule has 2 aromatic carbocycles. The van der Waals surface area contributed by atoms with Crippen molar-refractivity contribution in [1.82, 2.24) is 5.32 Å². The van der Waals surface area contributed by atoms with E-state index >= 15 is 0 Å². The molecule has 2 amide bonds. The van der Waals surface area contributed by atoms with E-state index in [4.69, 9.17) is 14.8 Å². The number of hydrogen-bond donors (Lipinski definition) is 2. The van der Waals surface area contributed by atoms with Gasteiger partial charge in [-0.2, -0.15) is 0 Å². The molecule has 0 fully saturated rings. The first-order chi connectivity index (χ1) is 14.7. The molecule has 0 bridgehead atoms. The van der Waals surface area contributed by atoms with Gasteiger partial charge in [-0.3, -0.25) is 14.2 Å². The standard InChI is InChI=1S/C23H31N2O5P/c1-5-29-31(28,30-6-2)15-18-10-12-19(13-11-18)23(27)25-21(22(24)26)14-20-16(3)8-7-9-17(20)4/h7-13,21H,5-6,14-15H2,1-4H3,(H2,24,26)(H,25,27)/t21-/m0/s1. The third-order valence-corrected chi connectivity index (χ3v) is 7.00. The molecule has 0 saturated carbocycles. The highest BCUT2D eigenvalue weighted by atomic mass is 31.2. The maximum atomic E-state index is 12.7. The summed E-state index contributed by atoms with van der Waals surface area (Å²) in [4.78, 5) is 24.7. The lowest BCUT2D eigenvalue weighted by atomic mass is 9.96. The van der Waals surface area contributed by atoms with Crippen LogP contribution in [0.3, 0.4) is 0 Å². The number of carbonyl (C=O) groups excluding carboxylic acids is 2. The van der Waals surface area contributed by atoms with Crippen LogP contribution in [0, 0.1) is 13.8 Å². The molecule has 0 aliphatic rings. The van der Waals surface area contributed by atoms with E-state index < -0.39 is 25.5 Å². The van der Waals surface area contributed by atoms with Crippen molar-refractivity contribution in [2.24, 2.45) is 5.73 Å². The second-order valence-electron chi connectivity index (χ2n) is 7.30. The zero-order valence-electron chi connectivity index (χ0n) is 18.5. The minimum Gasteiger partial charge on any atom is -0.368 e. The fraction of sp³-hybridized carbons (Fsp3) is 0.391. The molecule has 31 heavy (non-hydrogen) atoms. The van der Waals surface area contributed by atoms with Gasteiger partial charge in [0.15, 0.2) is 0 Å². The summed E-state index contributed by atoms with van der Waals surface area (Å²) < 4.78 is 23.3. The Morgan fingerprint density at radius 3 is 2.03 bits per heavy atom. The Balaban J connectivity index is 2.11. The molecule has 1 atom stereocenters. The van der Waals surface area contributed by atoms with Crippen molar-refractivity contribution in [3.63, 3.8) is 0 Å². The molecule has 0 radical (unpaired) electrons. The maximum absolute atomic E-state index is 12.7. The second kappa shape index (κ2) is 11.2. The van der Waals surface area contributed by atoms with Gasteiger partial charge in [-0.05, 0) is 62.1 Å². The molecule has 0 aromatic heterocycles. The Morgan fingerprint density at radius 2 is 1.55 bits per heavy atom. The molecule has 0 spiro atoms. The van der Waals surface area contributed by atoms with Crippen LogP contribution in [0.25, 0.3) is 0 Å². The van der Waals surface area contributed by atoms with E-state index in [1.165, 1.54) is 0 Å². The molecule has 0 aliphatic carbocycles. The van der Waals surface area contributed by atoms with Gasteiger partial charge < -0.3 is 20.1 Å². The molecular formula is C23H31N2O5P. The summed E-state index contributed by atoms with van der Waals surface area (Å²) in [6.07, 6.45) is 0.441. The van der Waals surface area contributed by atoms with Crippen LogP contribution in [0.2, 0.25) is 0 Å². The lowest BCUT2D eigenvalue weighted by Crippen LogP contribution is -2.46. The first kappa shape index (κ1) is 24.8. The normalized spacial score (nSPS) is 12.4. The molecule has 0 heterocycles. The van der Waals surface area contributed by atoms with Crippen LogP contribution in [0.4, 0.5) is 0 Å². The van der Waals surface area contributed by atoms with Crippen LogP contribution in [0.1, 0.15) is 46.5 Å². The Hall–Kier alpha value is -2.47. The van der Waals surface area contributed by atoms with Crippen LogP contribution in [-0.4, -0.2) is 31.1 Å². The van der Waals surface area contributed by atoms with Gasteiger partial charge in [-0.25, -0.2) is 0 Å². The van der Waals surface area contributed by atoms with Crippen molar-refractivity contribution in [1.29, 1.82) is 0 Å². The van der Waals surface area contributed by atoms with Crippen molar-refractivity contribution in [2.45, 2.75) is 46.3 Å². The second-order valence-corrected chi connectivity index (χ2v) is 9.36. The Kier molecular flexibility index (Phi) is 8.99. The third kappa shape index (κ3) is 7.03. The summed E-state index contributed by atoms with van der Waals surface area (Å²) in [7, 11) is -3.23. The number of nitrogens with one attached hydrogen (secondary N) is 1. The fourth-order valence-corrected chi connectivity index (χ4v) is 5.05. The molecule has 2 aromatic rings. The first-order valence-electron chi connectivity index (χ1n) is 10.3. The highest BCUT2D eigenvalue weighted by Gasteiger charge is 2.25. The monoisotopic (exact) mass is 446 g/mol. The largest absolute Gasteiger partial charge is 0.368 e. The minimum atomic E-state index is -3.23. The molecule has 2 rings (SSSR count). The highest BCUT2D eigenvalue weighted by Crippen LogP contribution is 2.51. The molecule has 7 nitrogen and oxygen atoms in total. The van der Waals surface area contributed by atoms with E-state index in [1.807, 2.05) is 32.0 Å². The van der Waals surface area contributed by atoms with Gasteiger partial charge in [0.05, 0.1) is 19.4 Å². The number of benzene rings is 2. The fourth-order valence-electron chi connectivity index (χ4n) is 3.35. The minimum absolute atomic E-state index is 0.118.